The van der Waals surface area contributed by atoms with Crippen LogP contribution in [-0.4, -0.2) is 18.0 Å². The zero-order valence-corrected chi connectivity index (χ0v) is 14.5. The molecule has 0 bridgehead atoms. The van der Waals surface area contributed by atoms with Crippen LogP contribution < -0.4 is 0 Å². The van der Waals surface area contributed by atoms with Crippen molar-refractivity contribution in [3.05, 3.63) is 63.9 Å². The minimum atomic E-state index is -3.34. The van der Waals surface area contributed by atoms with Gasteiger partial charge in [-0.25, -0.2) is 8.42 Å². The molecule has 1 heterocycles. The molecule has 112 valence electrons. The van der Waals surface area contributed by atoms with Gasteiger partial charge in [0, 0.05) is 15.4 Å². The number of aromatic nitrogens is 2. The Balaban J connectivity index is 1.82. The third-order valence-corrected chi connectivity index (χ3v) is 5.88. The first-order chi connectivity index (χ1) is 10.5. The lowest BCUT2D eigenvalue weighted by atomic mass is 10.1. The second kappa shape index (κ2) is 6.28. The summed E-state index contributed by atoms with van der Waals surface area (Å²) in [7, 11) is -3.34. The Labute approximate surface area is 141 Å². The van der Waals surface area contributed by atoms with Crippen LogP contribution in [0.15, 0.2) is 63.3 Å². The Morgan fingerprint density at radius 3 is 2.27 bits per heavy atom. The van der Waals surface area contributed by atoms with Gasteiger partial charge in [-0.3, -0.25) is 0 Å². The minimum Gasteiger partial charge on any atom is -0.223 e. The summed E-state index contributed by atoms with van der Waals surface area (Å²) >= 11 is 4.59. The van der Waals surface area contributed by atoms with Crippen LogP contribution in [0.2, 0.25) is 0 Å². The van der Waals surface area contributed by atoms with Gasteiger partial charge in [0.15, 0.2) is 9.84 Å². The lowest BCUT2D eigenvalue weighted by Gasteiger charge is -2.05. The van der Waals surface area contributed by atoms with Crippen molar-refractivity contribution < 1.29 is 8.42 Å². The van der Waals surface area contributed by atoms with Crippen molar-refractivity contribution >= 4 is 37.3 Å². The first-order valence-corrected chi connectivity index (χ1v) is 9.67. The molecule has 0 amide bonds. The molecule has 0 saturated heterocycles. The molecule has 0 fully saturated rings. The highest BCUT2D eigenvalue weighted by Crippen LogP contribution is 2.22. The number of hydrogen-bond acceptors (Lipinski definition) is 5. The summed E-state index contributed by atoms with van der Waals surface area (Å²) in [6.07, 6.45) is 0. The summed E-state index contributed by atoms with van der Waals surface area (Å²) < 4.78 is 29.5. The molecular weight excluding hydrogens is 384 g/mol. The normalized spacial score (nSPS) is 11.5. The van der Waals surface area contributed by atoms with Crippen molar-refractivity contribution in [3.8, 4) is 11.3 Å². The van der Waals surface area contributed by atoms with Crippen molar-refractivity contribution in [2.45, 2.75) is 10.6 Å². The Bertz CT molecular complexity index is 859. The highest BCUT2D eigenvalue weighted by molar-refractivity contribution is 9.10. The van der Waals surface area contributed by atoms with Gasteiger partial charge in [0.25, 0.3) is 0 Å². The number of nitrogens with zero attached hydrogens (tertiary/aromatic N) is 2. The smallest absolute Gasteiger partial charge is 0.182 e. The van der Waals surface area contributed by atoms with Gasteiger partial charge in [-0.05, 0) is 41.4 Å². The summed E-state index contributed by atoms with van der Waals surface area (Å²) in [5.41, 5.74) is 2.47. The molecular formula is C15H11BrN2O2S2. The molecule has 0 spiro atoms. The maximum Gasteiger partial charge on any atom is 0.182 e. The molecule has 22 heavy (non-hydrogen) atoms. The van der Waals surface area contributed by atoms with E-state index in [0.29, 0.717) is 4.90 Å². The Hall–Kier alpha value is -1.57. The number of sulfone groups is 1. The maximum absolute atomic E-state index is 12.4. The van der Waals surface area contributed by atoms with E-state index < -0.39 is 9.84 Å². The highest BCUT2D eigenvalue weighted by Gasteiger charge is 2.15. The summed E-state index contributed by atoms with van der Waals surface area (Å²) in [5.74, 6) is -0.0236. The van der Waals surface area contributed by atoms with Crippen molar-refractivity contribution in [1.82, 2.24) is 9.59 Å². The monoisotopic (exact) mass is 394 g/mol. The average Bonchev–Trinajstić information content (AvgIpc) is 3.02. The maximum atomic E-state index is 12.4. The van der Waals surface area contributed by atoms with Crippen LogP contribution in [-0.2, 0) is 15.6 Å². The second-order valence-electron chi connectivity index (χ2n) is 4.70. The first kappa shape index (κ1) is 15.3. The van der Waals surface area contributed by atoms with Gasteiger partial charge in [-0.2, -0.15) is 0 Å². The van der Waals surface area contributed by atoms with E-state index in [2.05, 4.69) is 25.5 Å². The van der Waals surface area contributed by atoms with Crippen molar-refractivity contribution in [1.29, 1.82) is 0 Å². The van der Waals surface area contributed by atoms with E-state index in [4.69, 9.17) is 0 Å². The van der Waals surface area contributed by atoms with Crippen LogP contribution in [0.5, 0.6) is 0 Å². The largest absolute Gasteiger partial charge is 0.223 e. The summed E-state index contributed by atoms with van der Waals surface area (Å²) in [4.78, 5) is 0.323. The quantitative estimate of drug-likeness (QED) is 0.672. The van der Waals surface area contributed by atoms with E-state index in [9.17, 15) is 8.42 Å². The molecule has 2 aromatic carbocycles. The van der Waals surface area contributed by atoms with Crippen molar-refractivity contribution in [2.24, 2.45) is 0 Å². The number of rotatable bonds is 4. The molecule has 0 aliphatic heterocycles. The molecule has 0 atom stereocenters. The summed E-state index contributed by atoms with van der Waals surface area (Å²) in [6.45, 7) is 0. The molecule has 3 rings (SSSR count). The molecule has 3 aromatic rings. The Morgan fingerprint density at radius 2 is 1.68 bits per heavy atom. The molecule has 0 aliphatic rings. The van der Waals surface area contributed by atoms with Crippen LogP contribution in [0.25, 0.3) is 11.3 Å². The van der Waals surface area contributed by atoms with Crippen molar-refractivity contribution in [2.75, 3.05) is 0 Å². The van der Waals surface area contributed by atoms with E-state index in [1.54, 1.807) is 24.3 Å². The van der Waals surface area contributed by atoms with Gasteiger partial charge in [0.2, 0.25) is 0 Å². The molecule has 1 aromatic heterocycles. The number of halogens is 1. The minimum absolute atomic E-state index is 0.0236. The fraction of sp³-hybridized carbons (Fsp3) is 0.0667. The van der Waals surface area contributed by atoms with Crippen LogP contribution in [0, 0.1) is 0 Å². The fourth-order valence-electron chi connectivity index (χ4n) is 2.01. The summed E-state index contributed by atoms with van der Waals surface area (Å²) in [5, 5.41) is 5.85. The molecule has 0 radical (unpaired) electrons. The second-order valence-corrected chi connectivity index (χ2v) is 8.22. The average molecular weight is 395 g/mol. The Morgan fingerprint density at radius 1 is 1.00 bits per heavy atom. The van der Waals surface area contributed by atoms with E-state index >= 15 is 0 Å². The standard InChI is InChI=1S/C15H11BrN2O2S2/c16-13-5-7-14(8-6-13)22(19,20)10-11-1-3-12(4-2-11)15-9-21-18-17-15/h1-9H,10H2. The van der Waals surface area contributed by atoms with E-state index in [1.165, 1.54) is 11.5 Å². The predicted molar refractivity (Wildman–Crippen MR) is 90.4 cm³/mol. The SMILES string of the molecule is O=S(=O)(Cc1ccc(-c2csnn2)cc1)c1ccc(Br)cc1. The number of benzene rings is 2. The third kappa shape index (κ3) is 3.43. The molecule has 0 saturated carbocycles. The van der Waals surface area contributed by atoms with Gasteiger partial charge in [-0.15, -0.1) is 5.10 Å². The first-order valence-electron chi connectivity index (χ1n) is 6.39. The zero-order chi connectivity index (χ0) is 15.6. The molecule has 0 N–H and O–H groups in total. The lowest BCUT2D eigenvalue weighted by Crippen LogP contribution is -2.04. The summed E-state index contributed by atoms with van der Waals surface area (Å²) in [6, 6.07) is 14.0. The molecule has 0 unspecified atom stereocenters. The van der Waals surface area contributed by atoms with Crippen molar-refractivity contribution in [3.63, 3.8) is 0 Å². The van der Waals surface area contributed by atoms with Crippen LogP contribution in [0.3, 0.4) is 0 Å². The number of hydrogen-bond donors (Lipinski definition) is 0. The van der Waals surface area contributed by atoms with E-state index in [0.717, 1.165) is 21.3 Å². The highest BCUT2D eigenvalue weighted by atomic mass is 79.9. The zero-order valence-electron chi connectivity index (χ0n) is 11.3. The topological polar surface area (TPSA) is 59.9 Å². The van der Waals surface area contributed by atoms with Gasteiger partial charge < -0.3 is 0 Å². The molecule has 0 aliphatic carbocycles. The van der Waals surface area contributed by atoms with Gasteiger partial charge in [-0.1, -0.05) is 44.7 Å². The molecule has 4 nitrogen and oxygen atoms in total. The van der Waals surface area contributed by atoms with Crippen LogP contribution >= 0.6 is 27.5 Å². The third-order valence-electron chi connectivity index (χ3n) is 3.14. The Kier molecular flexibility index (Phi) is 4.37. The fourth-order valence-corrected chi connectivity index (χ4v) is 4.09. The predicted octanol–water partition coefficient (Wildman–Crippen LogP) is 3.94. The lowest BCUT2D eigenvalue weighted by molar-refractivity contribution is 0.595. The van der Waals surface area contributed by atoms with E-state index in [-0.39, 0.29) is 5.75 Å². The van der Waals surface area contributed by atoms with Crippen LogP contribution in [0.4, 0.5) is 0 Å². The van der Waals surface area contributed by atoms with Gasteiger partial charge >= 0.3 is 0 Å². The van der Waals surface area contributed by atoms with Crippen LogP contribution in [0.1, 0.15) is 5.56 Å². The van der Waals surface area contributed by atoms with Gasteiger partial charge in [0.05, 0.1) is 10.6 Å². The molecule has 7 heteroatoms. The van der Waals surface area contributed by atoms with E-state index in [1.807, 2.05) is 29.6 Å². The van der Waals surface area contributed by atoms with Gasteiger partial charge in [0.1, 0.15) is 5.69 Å².